The fourth-order valence-electron chi connectivity index (χ4n) is 3.81. The molecular weight excluding hydrogens is 486 g/mol. The summed E-state index contributed by atoms with van der Waals surface area (Å²) >= 11 is 6.39. The number of methoxy groups -OCH3 is 1. The third kappa shape index (κ3) is 4.92. The topological polar surface area (TPSA) is 78.5 Å². The van der Waals surface area contributed by atoms with E-state index in [4.69, 9.17) is 20.8 Å². The lowest BCUT2D eigenvalue weighted by atomic mass is 9.98. The van der Waals surface area contributed by atoms with Gasteiger partial charge in [0, 0.05) is 18.7 Å². The molecule has 0 bridgehead atoms. The lowest BCUT2D eigenvalue weighted by molar-refractivity contribution is 0.0963. The number of ketones is 1. The molecule has 182 valence electrons. The highest BCUT2D eigenvalue weighted by Crippen LogP contribution is 2.37. The Labute approximate surface area is 210 Å². The van der Waals surface area contributed by atoms with Crippen LogP contribution in [0.2, 0.25) is 5.02 Å². The van der Waals surface area contributed by atoms with Gasteiger partial charge in [0.2, 0.25) is 11.5 Å². The Hall–Kier alpha value is -3.29. The van der Waals surface area contributed by atoms with Gasteiger partial charge >= 0.3 is 0 Å². The standard InChI is InChI=1S/C27H26ClNO5S/c1-17(2)20-7-5-6-19(14-20)15-23(30)27-25(33-4)16-24(34-27)26-22(28)12-13-29(26)35(31,32)21-10-8-18(3)9-11-21/h5-14,16-17H,15H2,1-4H3. The van der Waals surface area contributed by atoms with E-state index in [0.717, 1.165) is 20.7 Å². The second-order valence-electron chi connectivity index (χ2n) is 8.63. The largest absolute Gasteiger partial charge is 0.493 e. The minimum atomic E-state index is -3.96. The molecule has 2 aromatic heterocycles. The zero-order chi connectivity index (χ0) is 25.3. The molecule has 35 heavy (non-hydrogen) atoms. The maximum atomic E-state index is 13.3. The maximum absolute atomic E-state index is 13.3. The van der Waals surface area contributed by atoms with Gasteiger partial charge in [0.15, 0.2) is 11.5 Å². The maximum Gasteiger partial charge on any atom is 0.268 e. The number of halogens is 1. The fourth-order valence-corrected chi connectivity index (χ4v) is 5.45. The quantitative estimate of drug-likeness (QED) is 0.252. The van der Waals surface area contributed by atoms with Gasteiger partial charge in [-0.25, -0.2) is 12.4 Å². The van der Waals surface area contributed by atoms with Crippen molar-refractivity contribution in [2.75, 3.05) is 7.11 Å². The van der Waals surface area contributed by atoms with Crippen LogP contribution in [0.3, 0.4) is 0 Å². The summed E-state index contributed by atoms with van der Waals surface area (Å²) in [5.74, 6) is 0.382. The fraction of sp³-hybridized carbons (Fsp3) is 0.222. The second kappa shape index (κ2) is 9.76. The van der Waals surface area contributed by atoms with Gasteiger partial charge in [-0.1, -0.05) is 67.4 Å². The summed E-state index contributed by atoms with van der Waals surface area (Å²) in [5.41, 5.74) is 3.04. The number of hydrogen-bond donors (Lipinski definition) is 0. The highest BCUT2D eigenvalue weighted by molar-refractivity contribution is 7.90. The van der Waals surface area contributed by atoms with Crippen LogP contribution in [0, 0.1) is 6.92 Å². The minimum absolute atomic E-state index is 0.00833. The van der Waals surface area contributed by atoms with Gasteiger partial charge in [-0.2, -0.15) is 0 Å². The van der Waals surface area contributed by atoms with Crippen molar-refractivity contribution in [2.24, 2.45) is 0 Å². The van der Waals surface area contributed by atoms with Gasteiger partial charge in [0.1, 0.15) is 5.69 Å². The molecule has 0 radical (unpaired) electrons. The summed E-state index contributed by atoms with van der Waals surface area (Å²) in [6, 6.07) is 17.3. The number of Topliss-reactive ketones (excluding diaryl/α,β-unsaturated/α-hetero) is 1. The average Bonchev–Trinajstić information content (AvgIpc) is 3.43. The second-order valence-corrected chi connectivity index (χ2v) is 10.9. The van der Waals surface area contributed by atoms with Crippen molar-refractivity contribution in [3.8, 4) is 17.2 Å². The van der Waals surface area contributed by atoms with Crippen LogP contribution in [0.5, 0.6) is 5.75 Å². The first kappa shape index (κ1) is 24.8. The molecule has 0 aliphatic rings. The SMILES string of the molecule is COc1cc(-c2c(Cl)ccn2S(=O)(=O)c2ccc(C)cc2)oc1C(=O)Cc1cccc(C(C)C)c1. The number of ether oxygens (including phenoxy) is 1. The molecule has 0 N–H and O–H groups in total. The monoisotopic (exact) mass is 511 g/mol. The molecule has 0 aliphatic carbocycles. The van der Waals surface area contributed by atoms with E-state index in [-0.39, 0.29) is 45.1 Å². The predicted octanol–water partition coefficient (Wildman–Crippen LogP) is 6.50. The van der Waals surface area contributed by atoms with Crippen molar-refractivity contribution in [1.82, 2.24) is 3.97 Å². The molecule has 0 fully saturated rings. The first-order chi connectivity index (χ1) is 16.6. The molecule has 0 unspecified atom stereocenters. The number of hydrogen-bond acceptors (Lipinski definition) is 5. The Balaban J connectivity index is 1.72. The molecular formula is C27H26ClNO5S. The molecule has 2 heterocycles. The first-order valence-electron chi connectivity index (χ1n) is 11.1. The number of rotatable bonds is 8. The molecule has 6 nitrogen and oxygen atoms in total. The Morgan fingerprint density at radius 2 is 1.80 bits per heavy atom. The average molecular weight is 512 g/mol. The number of benzene rings is 2. The van der Waals surface area contributed by atoms with Crippen LogP contribution in [0.15, 0.2) is 76.2 Å². The van der Waals surface area contributed by atoms with Gasteiger partial charge in [-0.3, -0.25) is 4.79 Å². The van der Waals surface area contributed by atoms with Crippen molar-refractivity contribution < 1.29 is 22.4 Å². The molecule has 0 saturated carbocycles. The smallest absolute Gasteiger partial charge is 0.268 e. The van der Waals surface area contributed by atoms with Crippen LogP contribution in [-0.2, 0) is 16.4 Å². The lowest BCUT2D eigenvalue weighted by Gasteiger charge is -2.10. The number of furan rings is 1. The van der Waals surface area contributed by atoms with Crippen molar-refractivity contribution >= 4 is 27.4 Å². The van der Waals surface area contributed by atoms with Crippen LogP contribution in [0.1, 0.15) is 47.0 Å². The first-order valence-corrected chi connectivity index (χ1v) is 12.9. The third-order valence-corrected chi connectivity index (χ3v) is 7.76. The molecule has 4 rings (SSSR count). The van der Waals surface area contributed by atoms with E-state index < -0.39 is 10.0 Å². The number of carbonyl (C=O) groups is 1. The molecule has 2 aromatic carbocycles. The van der Waals surface area contributed by atoms with Gasteiger partial charge < -0.3 is 9.15 Å². The van der Waals surface area contributed by atoms with E-state index in [0.29, 0.717) is 5.92 Å². The summed E-state index contributed by atoms with van der Waals surface area (Å²) in [7, 11) is -2.53. The van der Waals surface area contributed by atoms with E-state index in [1.807, 2.05) is 31.2 Å². The molecule has 0 amide bonds. The van der Waals surface area contributed by atoms with E-state index in [1.165, 1.54) is 37.6 Å². The minimum Gasteiger partial charge on any atom is -0.493 e. The number of aromatic nitrogens is 1. The number of carbonyl (C=O) groups excluding carboxylic acids is 1. The molecule has 8 heteroatoms. The molecule has 0 atom stereocenters. The molecule has 4 aromatic rings. The van der Waals surface area contributed by atoms with Gasteiger partial charge in [0.05, 0.1) is 17.0 Å². The lowest BCUT2D eigenvalue weighted by Crippen LogP contribution is -2.13. The van der Waals surface area contributed by atoms with Crippen LogP contribution >= 0.6 is 11.6 Å². The zero-order valence-corrected chi connectivity index (χ0v) is 21.5. The third-order valence-electron chi connectivity index (χ3n) is 5.77. The van der Waals surface area contributed by atoms with E-state index >= 15 is 0 Å². The van der Waals surface area contributed by atoms with Crippen molar-refractivity contribution in [1.29, 1.82) is 0 Å². The predicted molar refractivity (Wildman–Crippen MR) is 136 cm³/mol. The normalized spacial score (nSPS) is 11.7. The summed E-state index contributed by atoms with van der Waals surface area (Å²) in [5, 5.41) is 0.167. The van der Waals surface area contributed by atoms with Gasteiger partial charge in [-0.05, 0) is 42.2 Å². The van der Waals surface area contributed by atoms with Crippen LogP contribution in [-0.4, -0.2) is 25.3 Å². The van der Waals surface area contributed by atoms with E-state index in [9.17, 15) is 13.2 Å². The Bertz CT molecular complexity index is 1480. The number of aryl methyl sites for hydroxylation is 1. The number of nitrogens with zero attached hydrogens (tertiary/aromatic N) is 1. The van der Waals surface area contributed by atoms with Crippen LogP contribution in [0.25, 0.3) is 11.5 Å². The Morgan fingerprint density at radius 1 is 1.09 bits per heavy atom. The summed E-state index contributed by atoms with van der Waals surface area (Å²) < 4.78 is 39.0. The molecule has 0 spiro atoms. The zero-order valence-electron chi connectivity index (χ0n) is 19.9. The highest BCUT2D eigenvalue weighted by Gasteiger charge is 2.28. The summed E-state index contributed by atoms with van der Waals surface area (Å²) in [6.45, 7) is 6.06. The molecule has 0 aliphatic heterocycles. The van der Waals surface area contributed by atoms with Crippen molar-refractivity contribution in [3.63, 3.8) is 0 Å². The van der Waals surface area contributed by atoms with Crippen LogP contribution < -0.4 is 4.74 Å². The Kier molecular flexibility index (Phi) is 6.92. The van der Waals surface area contributed by atoms with Crippen LogP contribution in [0.4, 0.5) is 0 Å². The summed E-state index contributed by atoms with van der Waals surface area (Å²) in [6.07, 6.45) is 1.47. The van der Waals surface area contributed by atoms with Gasteiger partial charge in [-0.15, -0.1) is 0 Å². The van der Waals surface area contributed by atoms with Crippen molar-refractivity contribution in [2.45, 2.75) is 38.0 Å². The van der Waals surface area contributed by atoms with Crippen molar-refractivity contribution in [3.05, 3.63) is 94.3 Å². The summed E-state index contributed by atoms with van der Waals surface area (Å²) in [4.78, 5) is 13.3. The molecule has 0 saturated heterocycles. The Morgan fingerprint density at radius 3 is 2.46 bits per heavy atom. The van der Waals surface area contributed by atoms with Gasteiger partial charge in [0.25, 0.3) is 10.0 Å². The van der Waals surface area contributed by atoms with E-state index in [1.54, 1.807) is 12.1 Å². The van der Waals surface area contributed by atoms with E-state index in [2.05, 4.69) is 13.8 Å². The highest BCUT2D eigenvalue weighted by atomic mass is 35.5.